The number of rotatable bonds is 5. The van der Waals surface area contributed by atoms with Crippen LogP contribution in [0.15, 0.2) is 66.7 Å². The summed E-state index contributed by atoms with van der Waals surface area (Å²) < 4.78 is 6.08. The zero-order valence-electron chi connectivity index (χ0n) is 21.6. The molecule has 0 aliphatic carbocycles. The molecule has 2 amide bonds. The van der Waals surface area contributed by atoms with Crippen LogP contribution < -0.4 is 10.5 Å². The number of benzene rings is 4. The molecular formula is C31H30N4O3. The Labute approximate surface area is 220 Å². The van der Waals surface area contributed by atoms with Crippen molar-refractivity contribution in [2.45, 2.75) is 6.92 Å². The Balaban J connectivity index is 1.59. The molecule has 0 saturated carbocycles. The molecular weight excluding hydrogens is 476 g/mol. The topological polar surface area (TPSA) is 91.7 Å². The van der Waals surface area contributed by atoms with Crippen LogP contribution in [0, 0.1) is 0 Å². The number of primary amides is 1. The van der Waals surface area contributed by atoms with Crippen LogP contribution in [-0.2, 0) is 0 Å². The Morgan fingerprint density at radius 3 is 2.50 bits per heavy atom. The Morgan fingerprint density at radius 2 is 1.74 bits per heavy atom. The summed E-state index contributed by atoms with van der Waals surface area (Å²) in [6, 6.07) is 21.7. The van der Waals surface area contributed by atoms with Crippen LogP contribution in [0.2, 0.25) is 0 Å². The highest BCUT2D eigenvalue weighted by Gasteiger charge is 2.23. The number of nitrogens with one attached hydrogen (secondary N) is 1. The average Bonchev–Trinajstić information content (AvgIpc) is 3.31. The number of carbonyl (C=O) groups is 2. The van der Waals surface area contributed by atoms with Crippen molar-refractivity contribution in [3.8, 4) is 16.9 Å². The van der Waals surface area contributed by atoms with Crippen molar-refractivity contribution in [2.24, 2.45) is 5.73 Å². The fourth-order valence-electron chi connectivity index (χ4n) is 5.56. The maximum atomic E-state index is 13.3. The lowest BCUT2D eigenvalue weighted by molar-refractivity contribution is 0.0664. The van der Waals surface area contributed by atoms with Gasteiger partial charge < -0.3 is 25.3 Å². The van der Waals surface area contributed by atoms with E-state index in [4.69, 9.17) is 10.5 Å². The van der Waals surface area contributed by atoms with Gasteiger partial charge in [0.25, 0.3) is 11.8 Å². The van der Waals surface area contributed by atoms with E-state index in [0.717, 1.165) is 57.0 Å². The molecule has 4 aromatic carbocycles. The highest BCUT2D eigenvalue weighted by atomic mass is 16.5. The molecule has 7 heteroatoms. The SMILES string of the molecule is CCOc1ccc2ccccc2c1-c1ccc(C(N)=O)c2[nH]c3cc(C(=O)N4CCN(C)CC4)ccc3c12. The zero-order chi connectivity index (χ0) is 26.4. The van der Waals surface area contributed by atoms with Gasteiger partial charge in [-0.3, -0.25) is 9.59 Å². The number of likely N-dealkylation sites (N-methyl/N-ethyl adjacent to an activating group) is 1. The highest BCUT2D eigenvalue weighted by molar-refractivity contribution is 6.22. The van der Waals surface area contributed by atoms with Crippen LogP contribution in [0.5, 0.6) is 5.75 Å². The van der Waals surface area contributed by atoms with Gasteiger partial charge in [0.15, 0.2) is 0 Å². The van der Waals surface area contributed by atoms with Gasteiger partial charge in [0.2, 0.25) is 0 Å². The van der Waals surface area contributed by atoms with Crippen molar-refractivity contribution < 1.29 is 14.3 Å². The summed E-state index contributed by atoms with van der Waals surface area (Å²) in [5.74, 6) is 0.280. The second-order valence-corrected chi connectivity index (χ2v) is 9.85. The minimum absolute atomic E-state index is 0.0155. The van der Waals surface area contributed by atoms with E-state index in [-0.39, 0.29) is 5.91 Å². The number of hydrogen-bond acceptors (Lipinski definition) is 4. The van der Waals surface area contributed by atoms with Gasteiger partial charge in [0.1, 0.15) is 5.75 Å². The molecule has 192 valence electrons. The monoisotopic (exact) mass is 506 g/mol. The van der Waals surface area contributed by atoms with Gasteiger partial charge >= 0.3 is 0 Å². The maximum absolute atomic E-state index is 13.3. The number of ether oxygens (including phenoxy) is 1. The van der Waals surface area contributed by atoms with Gasteiger partial charge in [-0.05, 0) is 54.6 Å². The summed E-state index contributed by atoms with van der Waals surface area (Å²) in [5, 5.41) is 3.95. The molecule has 0 atom stereocenters. The summed E-state index contributed by atoms with van der Waals surface area (Å²) in [7, 11) is 2.07. The third-order valence-corrected chi connectivity index (χ3v) is 7.52. The molecule has 0 unspecified atom stereocenters. The third kappa shape index (κ3) is 3.96. The second kappa shape index (κ2) is 9.50. The summed E-state index contributed by atoms with van der Waals surface area (Å²) in [6.07, 6.45) is 0. The molecule has 38 heavy (non-hydrogen) atoms. The van der Waals surface area contributed by atoms with Crippen LogP contribution in [0.25, 0.3) is 43.7 Å². The summed E-state index contributed by atoms with van der Waals surface area (Å²) in [5.41, 5.74) is 10.2. The Morgan fingerprint density at radius 1 is 0.947 bits per heavy atom. The quantitative estimate of drug-likeness (QED) is 0.350. The molecule has 0 spiro atoms. The molecule has 1 fully saturated rings. The lowest BCUT2D eigenvalue weighted by Gasteiger charge is -2.32. The molecule has 3 N–H and O–H groups in total. The number of H-pyrrole nitrogens is 1. The number of nitrogens with zero attached hydrogens (tertiary/aromatic N) is 2. The van der Waals surface area contributed by atoms with Crippen LogP contribution in [0.1, 0.15) is 27.6 Å². The fourth-order valence-corrected chi connectivity index (χ4v) is 5.56. The lowest BCUT2D eigenvalue weighted by atomic mass is 9.92. The van der Waals surface area contributed by atoms with Crippen molar-refractivity contribution in [2.75, 3.05) is 39.8 Å². The van der Waals surface area contributed by atoms with Gasteiger partial charge in [-0.25, -0.2) is 0 Å². The van der Waals surface area contributed by atoms with E-state index >= 15 is 0 Å². The van der Waals surface area contributed by atoms with Crippen molar-refractivity contribution in [3.05, 3.63) is 77.9 Å². The van der Waals surface area contributed by atoms with Gasteiger partial charge in [0, 0.05) is 53.6 Å². The van der Waals surface area contributed by atoms with Crippen molar-refractivity contribution >= 4 is 44.4 Å². The molecule has 6 rings (SSSR count). The smallest absolute Gasteiger partial charge is 0.254 e. The number of nitrogens with two attached hydrogens (primary N) is 1. The molecule has 0 bridgehead atoms. The number of amides is 2. The first kappa shape index (κ1) is 24.0. The maximum Gasteiger partial charge on any atom is 0.254 e. The second-order valence-electron chi connectivity index (χ2n) is 9.85. The highest BCUT2D eigenvalue weighted by Crippen LogP contribution is 2.43. The van der Waals surface area contributed by atoms with E-state index in [1.165, 1.54) is 0 Å². The first-order chi connectivity index (χ1) is 18.5. The molecule has 2 heterocycles. The van der Waals surface area contributed by atoms with Gasteiger partial charge in [-0.15, -0.1) is 0 Å². The Hall–Kier alpha value is -4.36. The molecule has 1 aliphatic heterocycles. The minimum Gasteiger partial charge on any atom is -0.493 e. The molecule has 7 nitrogen and oxygen atoms in total. The minimum atomic E-state index is -0.509. The summed E-state index contributed by atoms with van der Waals surface area (Å²) in [6.45, 7) is 5.63. The number of hydrogen-bond donors (Lipinski definition) is 2. The van der Waals surface area contributed by atoms with Gasteiger partial charge in [0.05, 0.1) is 17.7 Å². The van der Waals surface area contributed by atoms with E-state index < -0.39 is 5.91 Å². The van der Waals surface area contributed by atoms with Crippen LogP contribution in [0.3, 0.4) is 0 Å². The lowest BCUT2D eigenvalue weighted by Crippen LogP contribution is -2.47. The van der Waals surface area contributed by atoms with E-state index in [2.05, 4.69) is 35.1 Å². The zero-order valence-corrected chi connectivity index (χ0v) is 21.6. The first-order valence-electron chi connectivity index (χ1n) is 13.0. The van der Waals surface area contributed by atoms with Crippen molar-refractivity contribution in [3.63, 3.8) is 0 Å². The van der Waals surface area contributed by atoms with Crippen molar-refractivity contribution in [1.29, 1.82) is 0 Å². The largest absolute Gasteiger partial charge is 0.493 e. The summed E-state index contributed by atoms with van der Waals surface area (Å²) in [4.78, 5) is 33.3. The van der Waals surface area contributed by atoms with E-state index in [9.17, 15) is 9.59 Å². The normalized spacial score (nSPS) is 14.4. The molecule has 1 aromatic heterocycles. The fraction of sp³-hybridized carbons (Fsp3) is 0.226. The molecule has 5 aromatic rings. The van der Waals surface area contributed by atoms with Gasteiger partial charge in [-0.1, -0.05) is 42.5 Å². The average molecular weight is 507 g/mol. The molecule has 1 aliphatic rings. The van der Waals surface area contributed by atoms with E-state index in [1.54, 1.807) is 6.07 Å². The number of piperazine rings is 1. The van der Waals surface area contributed by atoms with Crippen LogP contribution in [-0.4, -0.2) is 66.4 Å². The van der Waals surface area contributed by atoms with E-state index in [1.807, 2.05) is 54.3 Å². The van der Waals surface area contributed by atoms with Crippen LogP contribution >= 0.6 is 0 Å². The number of aromatic amines is 1. The third-order valence-electron chi connectivity index (χ3n) is 7.52. The predicted molar refractivity (Wildman–Crippen MR) is 152 cm³/mol. The Bertz CT molecular complexity index is 1710. The number of fused-ring (bicyclic) bond motifs is 4. The van der Waals surface area contributed by atoms with Gasteiger partial charge in [-0.2, -0.15) is 0 Å². The Kier molecular flexibility index (Phi) is 6.00. The number of carbonyl (C=O) groups excluding carboxylic acids is 2. The summed E-state index contributed by atoms with van der Waals surface area (Å²) >= 11 is 0. The van der Waals surface area contributed by atoms with E-state index in [0.29, 0.717) is 36.3 Å². The first-order valence-corrected chi connectivity index (χ1v) is 13.0. The standard InChI is InChI=1S/C31H30N4O3/c1-3-38-26-13-9-19-6-4-5-7-21(19)27(26)23-11-12-24(30(32)36)29-28(23)22-10-8-20(18-25(22)33-29)31(37)35-16-14-34(2)15-17-35/h4-13,18,33H,3,14-17H2,1-2H3,(H2,32,36). The molecule has 1 saturated heterocycles. The molecule has 0 radical (unpaired) electrons. The van der Waals surface area contributed by atoms with Crippen molar-refractivity contribution in [1.82, 2.24) is 14.8 Å². The number of aromatic nitrogens is 1. The predicted octanol–water partition coefficient (Wildman–Crippen LogP) is 5.03. The van der Waals surface area contributed by atoms with Crippen LogP contribution in [0.4, 0.5) is 0 Å².